The Bertz CT molecular complexity index is 534. The number of benzene rings is 2. The minimum atomic E-state index is -0.245. The van der Waals surface area contributed by atoms with E-state index in [1.807, 2.05) is 25.1 Å². The molecule has 0 fully saturated rings. The molecule has 0 heterocycles. The fourth-order valence-corrected chi connectivity index (χ4v) is 3.51. The molecule has 3 heteroatoms. The molecule has 0 aromatic heterocycles. The molecule has 2 aromatic carbocycles. The molecule has 0 unspecified atom stereocenters. The molecule has 0 bridgehead atoms. The van der Waals surface area contributed by atoms with Gasteiger partial charge in [0.15, 0.2) is 0 Å². The number of hydrogen-bond donors (Lipinski definition) is 0. The molecule has 0 spiro atoms. The first kappa shape index (κ1) is 13.9. The summed E-state index contributed by atoms with van der Waals surface area (Å²) in [5.74, 6) is -0.245. The number of esters is 1. The van der Waals surface area contributed by atoms with Gasteiger partial charge in [-0.2, -0.15) is 0 Å². The molecular formula is C16H16O2Se. The SMILES string of the molecule is CC(=O)O[C@H](C)c1ccc([Se]c2ccccc2)cc1. The van der Waals surface area contributed by atoms with Crippen LogP contribution in [0.3, 0.4) is 0 Å². The summed E-state index contributed by atoms with van der Waals surface area (Å²) in [6.45, 7) is 3.32. The second-order valence-corrected chi connectivity index (χ2v) is 6.64. The van der Waals surface area contributed by atoms with Crippen molar-refractivity contribution in [2.75, 3.05) is 0 Å². The van der Waals surface area contributed by atoms with E-state index in [9.17, 15) is 4.79 Å². The van der Waals surface area contributed by atoms with Crippen molar-refractivity contribution in [3.05, 3.63) is 60.2 Å². The molecule has 0 radical (unpaired) electrons. The Labute approximate surface area is 120 Å². The third-order valence-corrected chi connectivity index (χ3v) is 4.80. The first-order valence-corrected chi connectivity index (χ1v) is 7.86. The molecule has 19 heavy (non-hydrogen) atoms. The van der Waals surface area contributed by atoms with Gasteiger partial charge in [-0.1, -0.05) is 0 Å². The second-order valence-electron chi connectivity index (χ2n) is 4.24. The van der Waals surface area contributed by atoms with Crippen LogP contribution in [0.4, 0.5) is 0 Å². The van der Waals surface area contributed by atoms with Crippen LogP contribution in [-0.2, 0) is 9.53 Å². The van der Waals surface area contributed by atoms with Crippen LogP contribution in [0.1, 0.15) is 25.5 Å². The van der Waals surface area contributed by atoms with E-state index in [1.165, 1.54) is 15.8 Å². The Balaban J connectivity index is 2.04. The van der Waals surface area contributed by atoms with Crippen LogP contribution in [-0.4, -0.2) is 20.9 Å². The number of carbonyl (C=O) groups is 1. The third kappa shape index (κ3) is 4.23. The zero-order valence-corrected chi connectivity index (χ0v) is 12.7. The number of rotatable bonds is 4. The molecular weight excluding hydrogens is 303 g/mol. The standard InChI is InChI=1S/C16H16O2Se/c1-12(18-13(2)17)14-8-10-16(11-9-14)19-15-6-4-3-5-7-15/h3-12H,1-2H3/t12-/m1/s1. The summed E-state index contributed by atoms with van der Waals surface area (Å²) in [6, 6.07) is 18.8. The van der Waals surface area contributed by atoms with Crippen LogP contribution in [0.25, 0.3) is 0 Å². The summed E-state index contributed by atoms with van der Waals surface area (Å²) >= 11 is 0.324. The van der Waals surface area contributed by atoms with Crippen molar-refractivity contribution in [2.24, 2.45) is 0 Å². The normalized spacial score (nSPS) is 11.9. The van der Waals surface area contributed by atoms with Crippen LogP contribution in [0, 0.1) is 0 Å². The van der Waals surface area contributed by atoms with E-state index in [0.29, 0.717) is 15.0 Å². The van der Waals surface area contributed by atoms with Gasteiger partial charge in [-0.05, 0) is 0 Å². The van der Waals surface area contributed by atoms with E-state index in [-0.39, 0.29) is 12.1 Å². The van der Waals surface area contributed by atoms with E-state index in [4.69, 9.17) is 4.74 Å². The third-order valence-electron chi connectivity index (χ3n) is 2.67. The van der Waals surface area contributed by atoms with Gasteiger partial charge in [-0.3, -0.25) is 0 Å². The van der Waals surface area contributed by atoms with E-state index < -0.39 is 0 Å². The van der Waals surface area contributed by atoms with Crippen molar-refractivity contribution >= 4 is 29.8 Å². The first-order valence-electron chi connectivity index (χ1n) is 6.15. The molecule has 0 aliphatic heterocycles. The summed E-state index contributed by atoms with van der Waals surface area (Å²) in [7, 11) is 0. The van der Waals surface area contributed by atoms with Crippen LogP contribution in [0.5, 0.6) is 0 Å². The van der Waals surface area contributed by atoms with Crippen LogP contribution >= 0.6 is 0 Å². The van der Waals surface area contributed by atoms with Gasteiger partial charge < -0.3 is 0 Å². The van der Waals surface area contributed by atoms with Crippen LogP contribution in [0.2, 0.25) is 0 Å². The molecule has 2 rings (SSSR count). The monoisotopic (exact) mass is 320 g/mol. The van der Waals surface area contributed by atoms with Crippen molar-refractivity contribution in [1.82, 2.24) is 0 Å². The van der Waals surface area contributed by atoms with Crippen LogP contribution < -0.4 is 8.92 Å². The van der Waals surface area contributed by atoms with E-state index >= 15 is 0 Å². The molecule has 0 saturated heterocycles. The molecule has 0 aliphatic rings. The summed E-state index contributed by atoms with van der Waals surface area (Å²) in [5, 5.41) is 0. The number of ether oxygens (including phenoxy) is 1. The fraction of sp³-hybridized carbons (Fsp3) is 0.188. The Morgan fingerprint density at radius 2 is 1.58 bits per heavy atom. The van der Waals surface area contributed by atoms with Crippen molar-refractivity contribution in [2.45, 2.75) is 20.0 Å². The predicted molar refractivity (Wildman–Crippen MR) is 78.1 cm³/mol. The first-order chi connectivity index (χ1) is 9.15. The van der Waals surface area contributed by atoms with E-state index in [1.54, 1.807) is 0 Å². The zero-order chi connectivity index (χ0) is 13.7. The number of hydrogen-bond acceptors (Lipinski definition) is 2. The summed E-state index contributed by atoms with van der Waals surface area (Å²) < 4.78 is 7.83. The van der Waals surface area contributed by atoms with E-state index in [0.717, 1.165) is 5.56 Å². The zero-order valence-electron chi connectivity index (χ0n) is 11.0. The second kappa shape index (κ2) is 6.55. The maximum absolute atomic E-state index is 10.9. The molecule has 0 amide bonds. The van der Waals surface area contributed by atoms with Gasteiger partial charge in [0.05, 0.1) is 0 Å². The summed E-state index contributed by atoms with van der Waals surface area (Å²) in [6.07, 6.45) is -0.184. The Morgan fingerprint density at radius 1 is 1.00 bits per heavy atom. The maximum atomic E-state index is 10.9. The average molecular weight is 319 g/mol. The Morgan fingerprint density at radius 3 is 2.16 bits per heavy atom. The molecule has 2 nitrogen and oxygen atoms in total. The van der Waals surface area contributed by atoms with Gasteiger partial charge in [-0.25, -0.2) is 0 Å². The van der Waals surface area contributed by atoms with Crippen LogP contribution in [0.15, 0.2) is 54.6 Å². The fourth-order valence-electron chi connectivity index (χ4n) is 1.75. The van der Waals surface area contributed by atoms with Crippen molar-refractivity contribution < 1.29 is 9.53 Å². The minimum absolute atomic E-state index is 0.184. The van der Waals surface area contributed by atoms with Gasteiger partial charge in [0.2, 0.25) is 0 Å². The van der Waals surface area contributed by atoms with Gasteiger partial charge >= 0.3 is 119 Å². The molecule has 98 valence electrons. The molecule has 0 N–H and O–H groups in total. The average Bonchev–Trinajstić information content (AvgIpc) is 2.40. The Kier molecular flexibility index (Phi) is 4.78. The quantitative estimate of drug-likeness (QED) is 0.636. The van der Waals surface area contributed by atoms with Crippen molar-refractivity contribution in [1.29, 1.82) is 0 Å². The topological polar surface area (TPSA) is 26.3 Å². The van der Waals surface area contributed by atoms with Gasteiger partial charge in [0, 0.05) is 0 Å². The van der Waals surface area contributed by atoms with E-state index in [2.05, 4.69) is 36.4 Å². The van der Waals surface area contributed by atoms with Crippen molar-refractivity contribution in [3.63, 3.8) is 0 Å². The van der Waals surface area contributed by atoms with Gasteiger partial charge in [-0.15, -0.1) is 0 Å². The summed E-state index contributed by atoms with van der Waals surface area (Å²) in [5.41, 5.74) is 1.03. The molecule has 0 saturated carbocycles. The number of carbonyl (C=O) groups excluding carboxylic acids is 1. The molecule has 0 aliphatic carbocycles. The van der Waals surface area contributed by atoms with Gasteiger partial charge in [0.1, 0.15) is 0 Å². The molecule has 2 aromatic rings. The molecule has 1 atom stereocenters. The van der Waals surface area contributed by atoms with Crippen molar-refractivity contribution in [3.8, 4) is 0 Å². The Hall–Kier alpha value is -1.57. The van der Waals surface area contributed by atoms with Gasteiger partial charge in [0.25, 0.3) is 0 Å². The predicted octanol–water partition coefficient (Wildman–Crippen LogP) is 1.97. The summed E-state index contributed by atoms with van der Waals surface area (Å²) in [4.78, 5) is 10.9.